The Morgan fingerprint density at radius 3 is 2.00 bits per heavy atom. The summed E-state index contributed by atoms with van der Waals surface area (Å²) in [6.45, 7) is 4.88. The van der Waals surface area contributed by atoms with E-state index in [2.05, 4.69) is 53.1 Å². The maximum absolute atomic E-state index is 13.4. The zero-order valence-electron chi connectivity index (χ0n) is 22.5. The first-order valence-electron chi connectivity index (χ1n) is 13.3. The van der Waals surface area contributed by atoms with Gasteiger partial charge in [0.25, 0.3) is 0 Å². The van der Waals surface area contributed by atoms with Crippen LogP contribution in [0.3, 0.4) is 0 Å². The summed E-state index contributed by atoms with van der Waals surface area (Å²) in [6.07, 6.45) is 0.164. The lowest BCUT2D eigenvalue weighted by Crippen LogP contribution is -2.59. The standard InChI is InChI=1S/C32H38N2O4/c1-24(27-17-11-6-12-18-27)34(21-26-15-9-5-10-16-26)29-23-33(20-25-13-7-4-8-14-25)22-28(19-30(35)37-2)31(29)32(36)38-3/h4-18,24,28-29,31H,19-23H2,1-3H3/t24-,28+,29-,31-/m0/s1. The fourth-order valence-electron chi connectivity index (χ4n) is 5.73. The van der Waals surface area contributed by atoms with Crippen molar-refractivity contribution in [2.24, 2.45) is 11.8 Å². The molecule has 200 valence electrons. The van der Waals surface area contributed by atoms with E-state index in [1.165, 1.54) is 30.9 Å². The Balaban J connectivity index is 1.76. The molecule has 3 aromatic carbocycles. The smallest absolute Gasteiger partial charge is 0.310 e. The molecule has 4 atom stereocenters. The molecular weight excluding hydrogens is 476 g/mol. The van der Waals surface area contributed by atoms with E-state index in [4.69, 9.17) is 9.47 Å². The number of piperidine rings is 1. The van der Waals surface area contributed by atoms with E-state index in [1.54, 1.807) is 0 Å². The first kappa shape index (κ1) is 27.6. The van der Waals surface area contributed by atoms with E-state index in [9.17, 15) is 9.59 Å². The molecule has 1 saturated heterocycles. The second-order valence-electron chi connectivity index (χ2n) is 10.1. The summed E-state index contributed by atoms with van der Waals surface area (Å²) < 4.78 is 10.4. The number of methoxy groups -OCH3 is 2. The second-order valence-corrected chi connectivity index (χ2v) is 10.1. The van der Waals surface area contributed by atoms with Crippen LogP contribution in [-0.2, 0) is 32.2 Å². The molecule has 0 spiro atoms. The number of hydrogen-bond acceptors (Lipinski definition) is 6. The van der Waals surface area contributed by atoms with Crippen LogP contribution in [0.1, 0.15) is 36.1 Å². The highest BCUT2D eigenvalue weighted by Gasteiger charge is 2.46. The molecule has 0 N–H and O–H groups in total. The van der Waals surface area contributed by atoms with Crippen LogP contribution in [0.25, 0.3) is 0 Å². The fraction of sp³-hybridized carbons (Fsp3) is 0.375. The number of ether oxygens (including phenoxy) is 2. The maximum Gasteiger partial charge on any atom is 0.310 e. The molecule has 0 aliphatic carbocycles. The molecule has 0 saturated carbocycles. The molecule has 0 unspecified atom stereocenters. The maximum atomic E-state index is 13.4. The summed E-state index contributed by atoms with van der Waals surface area (Å²) in [4.78, 5) is 30.7. The number of carbonyl (C=O) groups is 2. The van der Waals surface area contributed by atoms with Crippen molar-refractivity contribution in [2.45, 2.75) is 38.5 Å². The zero-order valence-corrected chi connectivity index (χ0v) is 22.5. The normalized spacial score (nSPS) is 20.6. The van der Waals surface area contributed by atoms with Crippen LogP contribution in [0.5, 0.6) is 0 Å². The molecule has 0 aromatic heterocycles. The van der Waals surface area contributed by atoms with Gasteiger partial charge < -0.3 is 9.47 Å². The minimum Gasteiger partial charge on any atom is -0.469 e. The lowest BCUT2D eigenvalue weighted by Gasteiger charge is -2.48. The van der Waals surface area contributed by atoms with E-state index >= 15 is 0 Å². The molecule has 3 aromatic rings. The summed E-state index contributed by atoms with van der Waals surface area (Å²) in [6, 6.07) is 30.9. The van der Waals surface area contributed by atoms with Gasteiger partial charge in [-0.25, -0.2) is 0 Å². The van der Waals surface area contributed by atoms with E-state index in [0.29, 0.717) is 19.6 Å². The molecule has 38 heavy (non-hydrogen) atoms. The van der Waals surface area contributed by atoms with Crippen LogP contribution in [0.2, 0.25) is 0 Å². The van der Waals surface area contributed by atoms with Crippen molar-refractivity contribution in [3.8, 4) is 0 Å². The summed E-state index contributed by atoms with van der Waals surface area (Å²) in [5, 5.41) is 0. The van der Waals surface area contributed by atoms with E-state index in [0.717, 1.165) is 6.54 Å². The molecule has 1 aliphatic heterocycles. The fourth-order valence-corrected chi connectivity index (χ4v) is 5.73. The SMILES string of the molecule is COC(=O)C[C@@H]1CN(Cc2ccccc2)C[C@H](N(Cc2ccccc2)[C@@H](C)c2ccccc2)[C@H]1C(=O)OC. The third-order valence-corrected chi connectivity index (χ3v) is 7.65. The lowest BCUT2D eigenvalue weighted by atomic mass is 9.78. The largest absolute Gasteiger partial charge is 0.469 e. The van der Waals surface area contributed by atoms with Crippen LogP contribution < -0.4 is 0 Å². The van der Waals surface area contributed by atoms with E-state index in [1.807, 2.05) is 54.6 Å². The molecule has 1 aliphatic rings. The van der Waals surface area contributed by atoms with Crippen LogP contribution in [-0.4, -0.2) is 55.1 Å². The Labute approximate surface area is 226 Å². The van der Waals surface area contributed by atoms with Crippen molar-refractivity contribution in [3.63, 3.8) is 0 Å². The highest BCUT2D eigenvalue weighted by Crippen LogP contribution is 2.37. The van der Waals surface area contributed by atoms with Gasteiger partial charge in [-0.1, -0.05) is 91.0 Å². The Hall–Kier alpha value is -3.48. The summed E-state index contributed by atoms with van der Waals surface area (Å²) in [5.41, 5.74) is 3.55. The minimum absolute atomic E-state index is 0.0315. The molecule has 0 amide bonds. The van der Waals surface area contributed by atoms with Crippen LogP contribution in [0, 0.1) is 11.8 Å². The average molecular weight is 515 g/mol. The molecule has 1 heterocycles. The van der Waals surface area contributed by atoms with Crippen molar-refractivity contribution >= 4 is 11.9 Å². The first-order chi connectivity index (χ1) is 18.5. The third-order valence-electron chi connectivity index (χ3n) is 7.65. The van der Waals surface area contributed by atoms with Gasteiger partial charge in [0.1, 0.15) is 0 Å². The third kappa shape index (κ3) is 6.88. The van der Waals surface area contributed by atoms with E-state index in [-0.39, 0.29) is 36.4 Å². The van der Waals surface area contributed by atoms with Crippen molar-refractivity contribution in [1.29, 1.82) is 0 Å². The minimum atomic E-state index is -0.471. The molecule has 4 rings (SSSR count). The van der Waals surface area contributed by atoms with Crippen LogP contribution in [0.4, 0.5) is 0 Å². The first-order valence-corrected chi connectivity index (χ1v) is 13.3. The van der Waals surface area contributed by atoms with Gasteiger partial charge in [0.2, 0.25) is 0 Å². The lowest BCUT2D eigenvalue weighted by molar-refractivity contribution is -0.157. The Bertz CT molecular complexity index is 1160. The number of rotatable bonds is 10. The van der Waals surface area contributed by atoms with Crippen molar-refractivity contribution in [1.82, 2.24) is 9.80 Å². The van der Waals surface area contributed by atoms with Gasteiger partial charge in [-0.15, -0.1) is 0 Å². The molecule has 0 radical (unpaired) electrons. The predicted molar refractivity (Wildman–Crippen MR) is 148 cm³/mol. The summed E-state index contributed by atoms with van der Waals surface area (Å²) >= 11 is 0. The van der Waals surface area contributed by atoms with Crippen molar-refractivity contribution in [3.05, 3.63) is 108 Å². The van der Waals surface area contributed by atoms with Gasteiger partial charge in [0.15, 0.2) is 0 Å². The number of likely N-dealkylation sites (tertiary alicyclic amines) is 1. The molecule has 6 heteroatoms. The number of carbonyl (C=O) groups excluding carboxylic acids is 2. The van der Waals surface area contributed by atoms with Gasteiger partial charge >= 0.3 is 11.9 Å². The second kappa shape index (κ2) is 13.4. The number of benzene rings is 3. The molecule has 0 bridgehead atoms. The topological polar surface area (TPSA) is 59.1 Å². The van der Waals surface area contributed by atoms with Gasteiger partial charge in [-0.05, 0) is 29.5 Å². The average Bonchev–Trinajstić information content (AvgIpc) is 2.96. The molecular formula is C32H38N2O4. The van der Waals surface area contributed by atoms with Crippen LogP contribution in [0.15, 0.2) is 91.0 Å². The van der Waals surface area contributed by atoms with Crippen molar-refractivity contribution in [2.75, 3.05) is 27.3 Å². The Morgan fingerprint density at radius 1 is 0.842 bits per heavy atom. The van der Waals surface area contributed by atoms with Gasteiger partial charge in [-0.2, -0.15) is 0 Å². The van der Waals surface area contributed by atoms with Crippen LogP contribution >= 0.6 is 0 Å². The van der Waals surface area contributed by atoms with E-state index < -0.39 is 5.92 Å². The number of nitrogens with zero attached hydrogens (tertiary/aromatic N) is 2. The van der Waals surface area contributed by atoms with Gasteiger partial charge in [0.05, 0.1) is 26.6 Å². The highest BCUT2D eigenvalue weighted by molar-refractivity contribution is 5.76. The van der Waals surface area contributed by atoms with Crippen molar-refractivity contribution < 1.29 is 19.1 Å². The Kier molecular flexibility index (Phi) is 9.68. The van der Waals surface area contributed by atoms with Gasteiger partial charge in [-0.3, -0.25) is 19.4 Å². The summed E-state index contributed by atoms with van der Waals surface area (Å²) in [7, 11) is 2.84. The number of esters is 2. The predicted octanol–water partition coefficient (Wildman–Crippen LogP) is 5.10. The molecule has 6 nitrogen and oxygen atoms in total. The highest BCUT2D eigenvalue weighted by atomic mass is 16.5. The quantitative estimate of drug-likeness (QED) is 0.351. The molecule has 1 fully saturated rings. The number of hydrogen-bond donors (Lipinski definition) is 0. The van der Waals surface area contributed by atoms with Gasteiger partial charge in [0, 0.05) is 38.3 Å². The summed E-state index contributed by atoms with van der Waals surface area (Å²) in [5.74, 6) is -1.30. The zero-order chi connectivity index (χ0) is 26.9. The monoisotopic (exact) mass is 514 g/mol. The Morgan fingerprint density at radius 2 is 1.42 bits per heavy atom.